The Morgan fingerprint density at radius 1 is 1.06 bits per heavy atom. The number of carbonyl (C=O) groups excluding carboxylic acids is 2. The fourth-order valence-electron chi connectivity index (χ4n) is 4.56. The van der Waals surface area contributed by atoms with Gasteiger partial charge in [0.25, 0.3) is 5.91 Å². The van der Waals surface area contributed by atoms with E-state index in [2.05, 4.69) is 23.6 Å². The molecular weight excluding hydrogens is 462 g/mol. The van der Waals surface area contributed by atoms with E-state index in [1.807, 2.05) is 53.4 Å². The lowest BCUT2D eigenvalue weighted by atomic mass is 9.88. The van der Waals surface area contributed by atoms with Gasteiger partial charge in [-0.15, -0.1) is 0 Å². The zero-order valence-electron chi connectivity index (χ0n) is 20.1. The van der Waals surface area contributed by atoms with Crippen molar-refractivity contribution in [1.29, 1.82) is 0 Å². The number of fused-ring (bicyclic) bond motifs is 1. The van der Waals surface area contributed by atoms with Crippen LogP contribution in [0.25, 0.3) is 11.1 Å². The molecule has 4 rings (SSSR count). The van der Waals surface area contributed by atoms with Gasteiger partial charge in [0.1, 0.15) is 0 Å². The van der Waals surface area contributed by atoms with Crippen LogP contribution >= 0.6 is 11.6 Å². The van der Waals surface area contributed by atoms with Crippen molar-refractivity contribution in [3.05, 3.63) is 82.9 Å². The van der Waals surface area contributed by atoms with Crippen LogP contribution in [0.4, 0.5) is 11.4 Å². The summed E-state index contributed by atoms with van der Waals surface area (Å²) in [5, 5.41) is 16.4. The van der Waals surface area contributed by atoms with Gasteiger partial charge in [0.2, 0.25) is 5.91 Å². The van der Waals surface area contributed by atoms with Gasteiger partial charge in [-0.3, -0.25) is 9.59 Å². The molecule has 35 heavy (non-hydrogen) atoms. The van der Waals surface area contributed by atoms with Gasteiger partial charge < -0.3 is 20.6 Å². The molecule has 0 aliphatic carbocycles. The molecule has 182 valence electrons. The van der Waals surface area contributed by atoms with E-state index in [4.69, 9.17) is 11.6 Å². The van der Waals surface area contributed by atoms with E-state index in [9.17, 15) is 14.7 Å². The molecule has 0 saturated heterocycles. The van der Waals surface area contributed by atoms with Crippen molar-refractivity contribution in [1.82, 2.24) is 5.32 Å². The molecule has 0 fully saturated rings. The van der Waals surface area contributed by atoms with Gasteiger partial charge in [0.15, 0.2) is 0 Å². The molecule has 3 unspecified atom stereocenters. The lowest BCUT2D eigenvalue weighted by Crippen LogP contribution is -2.43. The second kappa shape index (κ2) is 10.5. The Kier molecular flexibility index (Phi) is 7.43. The minimum absolute atomic E-state index is 0.0160. The van der Waals surface area contributed by atoms with E-state index in [0.29, 0.717) is 10.6 Å². The fourth-order valence-corrected chi connectivity index (χ4v) is 4.69. The van der Waals surface area contributed by atoms with E-state index < -0.39 is 6.10 Å². The molecule has 0 spiro atoms. The summed E-state index contributed by atoms with van der Waals surface area (Å²) in [5.41, 5.74) is 5.42. The van der Waals surface area contributed by atoms with Gasteiger partial charge in [-0.05, 0) is 85.5 Å². The molecule has 6 nitrogen and oxygen atoms in total. The fraction of sp³-hybridized carbons (Fsp3) is 0.286. The average Bonchev–Trinajstić information content (AvgIpc) is 2.83. The van der Waals surface area contributed by atoms with Crippen LogP contribution in [-0.4, -0.2) is 35.6 Å². The number of amides is 2. The van der Waals surface area contributed by atoms with Gasteiger partial charge in [0, 0.05) is 41.5 Å². The lowest BCUT2D eigenvalue weighted by Gasteiger charge is -2.39. The predicted octanol–water partition coefficient (Wildman–Crippen LogP) is 5.42. The Bertz CT molecular complexity index is 1210. The van der Waals surface area contributed by atoms with Gasteiger partial charge in [0.05, 0.1) is 12.1 Å². The van der Waals surface area contributed by atoms with Crippen molar-refractivity contribution in [3.63, 3.8) is 0 Å². The molecular formula is C28H30ClN3O3. The number of carbonyl (C=O) groups is 2. The summed E-state index contributed by atoms with van der Waals surface area (Å²) in [6.45, 7) is 5.50. The number of benzene rings is 3. The first-order valence-corrected chi connectivity index (χ1v) is 12.1. The third-order valence-electron chi connectivity index (χ3n) is 6.24. The molecule has 0 bridgehead atoms. The largest absolute Gasteiger partial charge is 0.392 e. The quantitative estimate of drug-likeness (QED) is 0.430. The van der Waals surface area contributed by atoms with Crippen LogP contribution in [0.5, 0.6) is 0 Å². The summed E-state index contributed by atoms with van der Waals surface area (Å²) in [6.07, 6.45) is 0.168. The Balaban J connectivity index is 1.65. The summed E-state index contributed by atoms with van der Waals surface area (Å²) < 4.78 is 0. The molecule has 7 heteroatoms. The second-order valence-corrected chi connectivity index (χ2v) is 9.52. The zero-order valence-corrected chi connectivity index (χ0v) is 20.8. The first-order valence-electron chi connectivity index (χ1n) is 11.8. The van der Waals surface area contributed by atoms with Crippen molar-refractivity contribution in [2.45, 2.75) is 45.4 Å². The van der Waals surface area contributed by atoms with Crippen LogP contribution in [0.3, 0.4) is 0 Å². The number of hydrogen-bond donors (Lipinski definition) is 3. The predicted molar refractivity (Wildman–Crippen MR) is 141 cm³/mol. The van der Waals surface area contributed by atoms with Gasteiger partial charge >= 0.3 is 0 Å². The van der Waals surface area contributed by atoms with E-state index in [1.165, 1.54) is 0 Å². The highest BCUT2D eigenvalue weighted by molar-refractivity contribution is 6.30. The number of anilines is 2. The second-order valence-electron chi connectivity index (χ2n) is 9.09. The minimum atomic E-state index is -0.597. The summed E-state index contributed by atoms with van der Waals surface area (Å²) in [4.78, 5) is 26.6. The number of aliphatic hydroxyl groups excluding tert-OH is 1. The SMILES string of the molecule is CC(=O)N1c2ccc(-c3ccc(C(=O)NCC(C)O)cc3)cc2C(Nc2ccc(Cl)cc2)CC1C. The molecule has 2 amide bonds. The normalized spacial score (nSPS) is 17.9. The lowest BCUT2D eigenvalue weighted by molar-refractivity contribution is -0.117. The molecule has 0 aromatic heterocycles. The highest BCUT2D eigenvalue weighted by Crippen LogP contribution is 2.41. The third kappa shape index (κ3) is 5.66. The summed E-state index contributed by atoms with van der Waals surface area (Å²) >= 11 is 6.06. The molecule has 1 heterocycles. The number of rotatable bonds is 6. The number of aliphatic hydroxyl groups is 1. The van der Waals surface area contributed by atoms with E-state index in [1.54, 1.807) is 26.0 Å². The molecule has 1 aliphatic heterocycles. The van der Waals surface area contributed by atoms with Crippen molar-refractivity contribution in [2.24, 2.45) is 0 Å². The van der Waals surface area contributed by atoms with Crippen LogP contribution in [0.1, 0.15) is 49.2 Å². The number of hydrogen-bond acceptors (Lipinski definition) is 4. The first-order chi connectivity index (χ1) is 16.7. The number of halogens is 1. The molecule has 3 aromatic carbocycles. The Morgan fingerprint density at radius 2 is 1.71 bits per heavy atom. The van der Waals surface area contributed by atoms with Gasteiger partial charge in [-0.25, -0.2) is 0 Å². The third-order valence-corrected chi connectivity index (χ3v) is 6.49. The van der Waals surface area contributed by atoms with Crippen LogP contribution in [0, 0.1) is 0 Å². The monoisotopic (exact) mass is 491 g/mol. The first kappa shape index (κ1) is 24.8. The van der Waals surface area contributed by atoms with Crippen LogP contribution in [-0.2, 0) is 4.79 Å². The average molecular weight is 492 g/mol. The van der Waals surface area contributed by atoms with Crippen molar-refractivity contribution in [3.8, 4) is 11.1 Å². The molecule has 0 radical (unpaired) electrons. The Labute approximate surface area is 210 Å². The van der Waals surface area contributed by atoms with Gasteiger partial charge in [-0.1, -0.05) is 29.8 Å². The Morgan fingerprint density at radius 3 is 2.34 bits per heavy atom. The van der Waals surface area contributed by atoms with Crippen LogP contribution in [0.15, 0.2) is 66.7 Å². The standard InChI is InChI=1S/C28H30ClN3O3/c1-17-14-26(31-24-11-9-23(29)10-12-24)25-15-22(8-13-27(25)32(17)19(3)34)20-4-6-21(7-5-20)28(35)30-16-18(2)33/h4-13,15,17-18,26,31,33H,14,16H2,1-3H3,(H,30,35). The van der Waals surface area contributed by atoms with Crippen molar-refractivity contribution in [2.75, 3.05) is 16.8 Å². The molecule has 3 aromatic rings. The maximum atomic E-state index is 12.5. The van der Waals surface area contributed by atoms with Crippen LogP contribution < -0.4 is 15.5 Å². The molecule has 0 saturated carbocycles. The topological polar surface area (TPSA) is 81.7 Å². The van der Waals surface area contributed by atoms with E-state index in [-0.39, 0.29) is 30.4 Å². The summed E-state index contributed by atoms with van der Waals surface area (Å²) in [5.74, 6) is -0.204. The highest BCUT2D eigenvalue weighted by atomic mass is 35.5. The Hall–Kier alpha value is -3.35. The van der Waals surface area contributed by atoms with Crippen molar-refractivity contribution < 1.29 is 14.7 Å². The van der Waals surface area contributed by atoms with Gasteiger partial charge in [-0.2, -0.15) is 0 Å². The maximum absolute atomic E-state index is 12.5. The molecule has 3 atom stereocenters. The molecule has 1 aliphatic rings. The molecule has 3 N–H and O–H groups in total. The van der Waals surface area contributed by atoms with Crippen LogP contribution in [0.2, 0.25) is 5.02 Å². The maximum Gasteiger partial charge on any atom is 0.251 e. The minimum Gasteiger partial charge on any atom is -0.392 e. The van der Waals surface area contributed by atoms with E-state index >= 15 is 0 Å². The number of nitrogens with zero attached hydrogens (tertiary/aromatic N) is 1. The highest BCUT2D eigenvalue weighted by Gasteiger charge is 2.32. The van der Waals surface area contributed by atoms with E-state index in [0.717, 1.165) is 34.5 Å². The smallest absolute Gasteiger partial charge is 0.251 e. The zero-order chi connectivity index (χ0) is 25.1. The summed E-state index contributed by atoms with van der Waals surface area (Å²) in [6, 6.07) is 21.2. The van der Waals surface area contributed by atoms with Crippen molar-refractivity contribution >= 4 is 34.8 Å². The number of nitrogens with one attached hydrogen (secondary N) is 2. The summed E-state index contributed by atoms with van der Waals surface area (Å²) in [7, 11) is 0.